The van der Waals surface area contributed by atoms with Crippen LogP contribution in [0.25, 0.3) is 0 Å². The number of hydrogen-bond acceptors (Lipinski definition) is 4. The lowest BCUT2D eigenvalue weighted by Gasteiger charge is -2.07. The SMILES string of the molecule is CCc1sc(C(=O)NNC(=O)Cc2cccc(OC)c2)cc1C. The molecule has 2 N–H and O–H groups in total. The number of aryl methyl sites for hydroxylation is 2. The van der Waals surface area contributed by atoms with Crippen LogP contribution in [0, 0.1) is 6.92 Å². The van der Waals surface area contributed by atoms with Crippen LogP contribution >= 0.6 is 11.3 Å². The maximum Gasteiger partial charge on any atom is 0.279 e. The van der Waals surface area contributed by atoms with Crippen molar-refractivity contribution in [2.45, 2.75) is 26.7 Å². The predicted octanol–water partition coefficient (Wildman–Crippen LogP) is 2.63. The number of benzene rings is 1. The normalized spacial score (nSPS) is 10.2. The third-order valence-corrected chi connectivity index (χ3v) is 4.76. The van der Waals surface area contributed by atoms with Crippen LogP contribution in [0.5, 0.6) is 5.75 Å². The van der Waals surface area contributed by atoms with Crippen LogP contribution in [0.3, 0.4) is 0 Å². The first kappa shape index (κ1) is 17.0. The number of nitrogens with one attached hydrogen (secondary N) is 2. The summed E-state index contributed by atoms with van der Waals surface area (Å²) in [4.78, 5) is 25.7. The second-order valence-corrected chi connectivity index (χ2v) is 6.24. The van der Waals surface area contributed by atoms with Crippen molar-refractivity contribution in [2.24, 2.45) is 0 Å². The Morgan fingerprint density at radius 1 is 1.22 bits per heavy atom. The number of carbonyl (C=O) groups is 2. The highest BCUT2D eigenvalue weighted by atomic mass is 32.1. The van der Waals surface area contributed by atoms with Gasteiger partial charge in [0.2, 0.25) is 5.91 Å². The molecule has 5 nitrogen and oxygen atoms in total. The highest BCUT2D eigenvalue weighted by Crippen LogP contribution is 2.22. The number of hydrogen-bond donors (Lipinski definition) is 2. The van der Waals surface area contributed by atoms with Gasteiger partial charge in [-0.25, -0.2) is 0 Å². The van der Waals surface area contributed by atoms with Gasteiger partial charge in [0.05, 0.1) is 18.4 Å². The molecule has 0 aliphatic heterocycles. The molecule has 23 heavy (non-hydrogen) atoms. The van der Waals surface area contributed by atoms with E-state index in [-0.39, 0.29) is 18.2 Å². The zero-order valence-electron chi connectivity index (χ0n) is 13.4. The fourth-order valence-electron chi connectivity index (χ4n) is 2.18. The summed E-state index contributed by atoms with van der Waals surface area (Å²) < 4.78 is 5.12. The van der Waals surface area contributed by atoms with Gasteiger partial charge in [-0.15, -0.1) is 11.3 Å². The Morgan fingerprint density at radius 2 is 2.00 bits per heavy atom. The molecule has 0 aliphatic rings. The van der Waals surface area contributed by atoms with Crippen LogP contribution < -0.4 is 15.6 Å². The van der Waals surface area contributed by atoms with Crippen molar-refractivity contribution < 1.29 is 14.3 Å². The van der Waals surface area contributed by atoms with Gasteiger partial charge in [0.1, 0.15) is 5.75 Å². The Hall–Kier alpha value is -2.34. The number of amides is 2. The van der Waals surface area contributed by atoms with Gasteiger partial charge in [0, 0.05) is 4.88 Å². The van der Waals surface area contributed by atoms with Crippen LogP contribution in [0.15, 0.2) is 30.3 Å². The van der Waals surface area contributed by atoms with Crippen molar-refractivity contribution in [1.29, 1.82) is 0 Å². The number of ether oxygens (including phenoxy) is 1. The molecule has 0 spiro atoms. The van der Waals surface area contributed by atoms with Gasteiger partial charge in [-0.1, -0.05) is 19.1 Å². The molecule has 2 rings (SSSR count). The number of hydrazine groups is 1. The van der Waals surface area contributed by atoms with Crippen LogP contribution in [0.4, 0.5) is 0 Å². The van der Waals surface area contributed by atoms with Crippen LogP contribution in [-0.4, -0.2) is 18.9 Å². The number of methoxy groups -OCH3 is 1. The van der Waals surface area contributed by atoms with Gasteiger partial charge in [-0.2, -0.15) is 0 Å². The Balaban J connectivity index is 1.89. The molecule has 1 heterocycles. The second kappa shape index (κ2) is 7.78. The van der Waals surface area contributed by atoms with Crippen LogP contribution in [-0.2, 0) is 17.6 Å². The molecule has 6 heteroatoms. The first-order valence-corrected chi connectivity index (χ1v) is 8.16. The average Bonchev–Trinajstić information content (AvgIpc) is 2.93. The molecule has 0 saturated carbocycles. The molecule has 1 aromatic carbocycles. The maximum atomic E-state index is 12.0. The standard InChI is InChI=1S/C17H20N2O3S/c1-4-14-11(2)8-15(23-14)17(21)19-18-16(20)10-12-6-5-7-13(9-12)22-3/h5-9H,4,10H2,1-3H3,(H,18,20)(H,19,21). The summed E-state index contributed by atoms with van der Waals surface area (Å²) >= 11 is 1.45. The third kappa shape index (κ3) is 4.56. The molecule has 0 unspecified atom stereocenters. The average molecular weight is 332 g/mol. The van der Waals surface area contributed by atoms with Gasteiger partial charge in [0.15, 0.2) is 0 Å². The molecular weight excluding hydrogens is 312 g/mol. The minimum absolute atomic E-state index is 0.168. The molecule has 0 radical (unpaired) electrons. The molecule has 1 aromatic heterocycles. The van der Waals surface area contributed by atoms with E-state index in [9.17, 15) is 9.59 Å². The second-order valence-electron chi connectivity index (χ2n) is 5.10. The summed E-state index contributed by atoms with van der Waals surface area (Å²) in [6, 6.07) is 9.10. The highest BCUT2D eigenvalue weighted by Gasteiger charge is 2.12. The Kier molecular flexibility index (Phi) is 5.76. The number of carbonyl (C=O) groups excluding carboxylic acids is 2. The molecule has 2 amide bonds. The number of rotatable bonds is 5. The first-order chi connectivity index (χ1) is 11.0. The van der Waals surface area contributed by atoms with E-state index in [0.717, 1.165) is 17.5 Å². The van der Waals surface area contributed by atoms with Crippen LogP contribution in [0.1, 0.15) is 32.6 Å². The molecule has 0 fully saturated rings. The van der Waals surface area contributed by atoms with Gasteiger partial charge < -0.3 is 4.74 Å². The summed E-state index contributed by atoms with van der Waals surface area (Å²) in [7, 11) is 1.58. The van der Waals surface area contributed by atoms with E-state index in [4.69, 9.17) is 4.74 Å². The lowest BCUT2D eigenvalue weighted by Crippen LogP contribution is -2.42. The first-order valence-electron chi connectivity index (χ1n) is 7.35. The Bertz CT molecular complexity index is 710. The lowest BCUT2D eigenvalue weighted by atomic mass is 10.1. The predicted molar refractivity (Wildman–Crippen MR) is 90.7 cm³/mol. The van der Waals surface area contributed by atoms with Gasteiger partial charge in [-0.05, 0) is 42.7 Å². The zero-order chi connectivity index (χ0) is 16.8. The summed E-state index contributed by atoms with van der Waals surface area (Å²) in [5.74, 6) is 0.118. The lowest BCUT2D eigenvalue weighted by molar-refractivity contribution is -0.121. The monoisotopic (exact) mass is 332 g/mol. The van der Waals surface area contributed by atoms with Gasteiger partial charge in [-0.3, -0.25) is 20.4 Å². The summed E-state index contributed by atoms with van der Waals surface area (Å²) in [6.07, 6.45) is 1.06. The zero-order valence-corrected chi connectivity index (χ0v) is 14.3. The Labute approximate surface area is 139 Å². The van der Waals surface area contributed by atoms with Crippen molar-refractivity contribution in [3.63, 3.8) is 0 Å². The minimum atomic E-state index is -0.295. The van der Waals surface area contributed by atoms with E-state index < -0.39 is 0 Å². The molecule has 122 valence electrons. The van der Waals surface area contributed by atoms with Crippen LogP contribution in [0.2, 0.25) is 0 Å². The van der Waals surface area contributed by atoms with E-state index in [1.807, 2.05) is 31.2 Å². The van der Waals surface area contributed by atoms with E-state index >= 15 is 0 Å². The fourth-order valence-corrected chi connectivity index (χ4v) is 3.19. The summed E-state index contributed by atoms with van der Waals surface area (Å²) in [5, 5.41) is 0. The smallest absolute Gasteiger partial charge is 0.279 e. The van der Waals surface area contributed by atoms with Crippen molar-refractivity contribution in [3.8, 4) is 5.75 Å². The Morgan fingerprint density at radius 3 is 2.65 bits per heavy atom. The molecule has 0 aliphatic carbocycles. The maximum absolute atomic E-state index is 12.0. The third-order valence-electron chi connectivity index (χ3n) is 3.38. The van der Waals surface area contributed by atoms with E-state index in [2.05, 4.69) is 17.8 Å². The van der Waals surface area contributed by atoms with E-state index in [1.165, 1.54) is 16.2 Å². The van der Waals surface area contributed by atoms with Gasteiger partial charge >= 0.3 is 0 Å². The topological polar surface area (TPSA) is 67.4 Å². The molecule has 2 aromatic rings. The molecule has 0 saturated heterocycles. The van der Waals surface area contributed by atoms with E-state index in [1.54, 1.807) is 13.2 Å². The minimum Gasteiger partial charge on any atom is -0.497 e. The largest absolute Gasteiger partial charge is 0.497 e. The highest BCUT2D eigenvalue weighted by molar-refractivity contribution is 7.14. The van der Waals surface area contributed by atoms with Crippen molar-refractivity contribution in [3.05, 3.63) is 51.2 Å². The van der Waals surface area contributed by atoms with E-state index in [0.29, 0.717) is 10.6 Å². The van der Waals surface area contributed by atoms with Crippen molar-refractivity contribution in [2.75, 3.05) is 7.11 Å². The number of thiophene rings is 1. The fraction of sp³-hybridized carbons (Fsp3) is 0.294. The molecule has 0 bridgehead atoms. The summed E-state index contributed by atoms with van der Waals surface area (Å²) in [6.45, 7) is 4.03. The quantitative estimate of drug-likeness (QED) is 0.827. The summed E-state index contributed by atoms with van der Waals surface area (Å²) in [5.41, 5.74) is 6.81. The molecule has 0 atom stereocenters. The van der Waals surface area contributed by atoms with Crippen molar-refractivity contribution >= 4 is 23.2 Å². The van der Waals surface area contributed by atoms with Crippen molar-refractivity contribution in [1.82, 2.24) is 10.9 Å². The molecular formula is C17H20N2O3S. The van der Waals surface area contributed by atoms with Gasteiger partial charge in [0.25, 0.3) is 5.91 Å².